The lowest BCUT2D eigenvalue weighted by molar-refractivity contribution is 0.0545. The van der Waals surface area contributed by atoms with Gasteiger partial charge in [-0.1, -0.05) is 24.3 Å². The van der Waals surface area contributed by atoms with Crippen molar-refractivity contribution in [3.63, 3.8) is 0 Å². The first-order valence-electron chi connectivity index (χ1n) is 7.09. The lowest BCUT2D eigenvalue weighted by Crippen LogP contribution is -2.16. The van der Waals surface area contributed by atoms with Crippen LogP contribution in [0.15, 0.2) is 42.5 Å². The van der Waals surface area contributed by atoms with E-state index in [2.05, 4.69) is 5.32 Å². The Kier molecular flexibility index (Phi) is 4.27. The van der Waals surface area contributed by atoms with Gasteiger partial charge in [0.25, 0.3) is 0 Å². The lowest BCUT2D eigenvalue weighted by atomic mass is 9.99. The lowest BCUT2D eigenvalue weighted by Gasteiger charge is -2.14. The van der Waals surface area contributed by atoms with E-state index in [9.17, 15) is 8.78 Å². The molecule has 2 nitrogen and oxygen atoms in total. The second-order valence-electron chi connectivity index (χ2n) is 5.21. The molecule has 0 aromatic heterocycles. The Labute approximate surface area is 122 Å². The van der Waals surface area contributed by atoms with Gasteiger partial charge in [-0.3, -0.25) is 0 Å². The highest BCUT2D eigenvalue weighted by atomic mass is 19.1. The first kappa shape index (κ1) is 14.2. The molecule has 0 spiro atoms. The summed E-state index contributed by atoms with van der Waals surface area (Å²) in [5, 5.41) is 3.24. The van der Waals surface area contributed by atoms with Crippen molar-refractivity contribution in [3.8, 4) is 11.1 Å². The van der Waals surface area contributed by atoms with Crippen molar-refractivity contribution in [2.24, 2.45) is 0 Å². The van der Waals surface area contributed by atoms with Crippen LogP contribution < -0.4 is 5.32 Å². The molecular formula is C17H17F2NO. The topological polar surface area (TPSA) is 21.3 Å². The fourth-order valence-electron chi connectivity index (χ4n) is 2.59. The maximum absolute atomic E-state index is 14.0. The average molecular weight is 289 g/mol. The molecule has 2 aromatic rings. The highest BCUT2D eigenvalue weighted by Gasteiger charge is 2.16. The Morgan fingerprint density at radius 3 is 2.71 bits per heavy atom. The van der Waals surface area contributed by atoms with Gasteiger partial charge in [0.1, 0.15) is 11.6 Å². The third-order valence-corrected chi connectivity index (χ3v) is 3.73. The van der Waals surface area contributed by atoms with Gasteiger partial charge in [0, 0.05) is 18.2 Å². The maximum atomic E-state index is 14.0. The van der Waals surface area contributed by atoms with E-state index in [1.807, 2.05) is 24.3 Å². The second kappa shape index (κ2) is 6.33. The minimum absolute atomic E-state index is 0.205. The summed E-state index contributed by atoms with van der Waals surface area (Å²) in [6.45, 7) is 2.26. The standard InChI is InChI=1S/C17H17F2NO/c18-13-5-6-16(17(19)9-13)15-4-2-1-3-12(15)11-21-14-7-8-20-10-14/h1-6,9,14,20H,7-8,10-11H2/t14-/m1/s1. The minimum atomic E-state index is -0.568. The summed E-state index contributed by atoms with van der Waals surface area (Å²) in [7, 11) is 0. The van der Waals surface area contributed by atoms with Gasteiger partial charge in [-0.05, 0) is 36.2 Å². The molecule has 0 radical (unpaired) electrons. The molecule has 1 fully saturated rings. The van der Waals surface area contributed by atoms with Crippen molar-refractivity contribution in [1.82, 2.24) is 5.32 Å². The molecule has 21 heavy (non-hydrogen) atoms. The zero-order valence-corrected chi connectivity index (χ0v) is 11.6. The summed E-state index contributed by atoms with van der Waals surface area (Å²) in [6, 6.07) is 11.2. The van der Waals surface area contributed by atoms with Gasteiger partial charge in [0.05, 0.1) is 12.7 Å². The summed E-state index contributed by atoms with van der Waals surface area (Å²) in [6.07, 6.45) is 1.20. The molecule has 1 atom stereocenters. The fourth-order valence-corrected chi connectivity index (χ4v) is 2.59. The van der Waals surface area contributed by atoms with Gasteiger partial charge in [-0.15, -0.1) is 0 Å². The average Bonchev–Trinajstić information content (AvgIpc) is 2.99. The third-order valence-electron chi connectivity index (χ3n) is 3.73. The number of halogens is 2. The molecule has 0 bridgehead atoms. The van der Waals surface area contributed by atoms with Crippen LogP contribution in [0.1, 0.15) is 12.0 Å². The first-order chi connectivity index (χ1) is 10.2. The van der Waals surface area contributed by atoms with Crippen LogP contribution in [0.2, 0.25) is 0 Å². The summed E-state index contributed by atoms with van der Waals surface area (Å²) in [4.78, 5) is 0. The third kappa shape index (κ3) is 3.28. The Balaban J connectivity index is 1.84. The van der Waals surface area contributed by atoms with Crippen LogP contribution in [0.5, 0.6) is 0 Å². The Morgan fingerprint density at radius 2 is 1.95 bits per heavy atom. The summed E-state index contributed by atoms with van der Waals surface area (Å²) < 4.78 is 32.9. The van der Waals surface area contributed by atoms with Crippen molar-refractivity contribution in [2.45, 2.75) is 19.1 Å². The zero-order valence-electron chi connectivity index (χ0n) is 11.6. The van der Waals surface area contributed by atoms with Gasteiger partial charge >= 0.3 is 0 Å². The number of benzene rings is 2. The molecule has 3 rings (SSSR count). The molecule has 4 heteroatoms. The number of rotatable bonds is 4. The van der Waals surface area contributed by atoms with Crippen LogP contribution in [0.3, 0.4) is 0 Å². The molecule has 1 aliphatic heterocycles. The highest BCUT2D eigenvalue weighted by Crippen LogP contribution is 2.27. The van der Waals surface area contributed by atoms with Gasteiger partial charge in [0.15, 0.2) is 0 Å². The van der Waals surface area contributed by atoms with Gasteiger partial charge < -0.3 is 10.1 Å². The molecular weight excluding hydrogens is 272 g/mol. The Hall–Kier alpha value is -1.78. The molecule has 0 saturated carbocycles. The van der Waals surface area contributed by atoms with E-state index >= 15 is 0 Å². The Morgan fingerprint density at radius 1 is 1.10 bits per heavy atom. The van der Waals surface area contributed by atoms with E-state index in [1.165, 1.54) is 12.1 Å². The normalized spacial score (nSPS) is 18.1. The van der Waals surface area contributed by atoms with Crippen LogP contribution in [-0.2, 0) is 11.3 Å². The molecule has 0 amide bonds. The van der Waals surface area contributed by atoms with Crippen molar-refractivity contribution in [3.05, 3.63) is 59.7 Å². The van der Waals surface area contributed by atoms with E-state index in [0.717, 1.165) is 36.7 Å². The van der Waals surface area contributed by atoms with Gasteiger partial charge in [0.2, 0.25) is 0 Å². The second-order valence-corrected chi connectivity index (χ2v) is 5.21. The summed E-state index contributed by atoms with van der Waals surface area (Å²) in [5.41, 5.74) is 2.07. The monoisotopic (exact) mass is 289 g/mol. The predicted octanol–water partition coefficient (Wildman–Crippen LogP) is 3.51. The number of hydrogen-bond donors (Lipinski definition) is 1. The molecule has 0 unspecified atom stereocenters. The maximum Gasteiger partial charge on any atom is 0.133 e. The number of nitrogens with one attached hydrogen (secondary N) is 1. The van der Waals surface area contributed by atoms with E-state index in [1.54, 1.807) is 0 Å². The van der Waals surface area contributed by atoms with E-state index in [0.29, 0.717) is 12.2 Å². The molecule has 1 saturated heterocycles. The quantitative estimate of drug-likeness (QED) is 0.930. The predicted molar refractivity (Wildman–Crippen MR) is 77.9 cm³/mol. The van der Waals surface area contributed by atoms with Crippen molar-refractivity contribution in [1.29, 1.82) is 0 Å². The van der Waals surface area contributed by atoms with Crippen molar-refractivity contribution >= 4 is 0 Å². The molecule has 110 valence electrons. The van der Waals surface area contributed by atoms with E-state index < -0.39 is 11.6 Å². The highest BCUT2D eigenvalue weighted by molar-refractivity contribution is 5.67. The molecule has 1 aliphatic rings. The van der Waals surface area contributed by atoms with Gasteiger partial charge in [-0.25, -0.2) is 8.78 Å². The van der Waals surface area contributed by atoms with Crippen LogP contribution in [0, 0.1) is 11.6 Å². The molecule has 0 aliphatic carbocycles. The smallest absolute Gasteiger partial charge is 0.133 e. The van der Waals surface area contributed by atoms with Crippen LogP contribution in [0.4, 0.5) is 8.78 Å². The van der Waals surface area contributed by atoms with E-state index in [4.69, 9.17) is 4.74 Å². The number of ether oxygens (including phenoxy) is 1. The summed E-state index contributed by atoms with van der Waals surface area (Å²) >= 11 is 0. The van der Waals surface area contributed by atoms with Crippen LogP contribution >= 0.6 is 0 Å². The number of hydrogen-bond acceptors (Lipinski definition) is 2. The van der Waals surface area contributed by atoms with Crippen molar-refractivity contribution in [2.75, 3.05) is 13.1 Å². The largest absolute Gasteiger partial charge is 0.372 e. The molecule has 1 heterocycles. The SMILES string of the molecule is Fc1ccc(-c2ccccc2CO[C@@H]2CCNC2)c(F)c1. The molecule has 2 aromatic carbocycles. The van der Waals surface area contributed by atoms with Crippen LogP contribution in [0.25, 0.3) is 11.1 Å². The van der Waals surface area contributed by atoms with E-state index in [-0.39, 0.29) is 6.10 Å². The summed E-state index contributed by atoms with van der Waals surface area (Å²) in [5.74, 6) is -1.12. The fraction of sp³-hybridized carbons (Fsp3) is 0.294. The van der Waals surface area contributed by atoms with Crippen LogP contribution in [-0.4, -0.2) is 19.2 Å². The van der Waals surface area contributed by atoms with Gasteiger partial charge in [-0.2, -0.15) is 0 Å². The van der Waals surface area contributed by atoms with Crippen molar-refractivity contribution < 1.29 is 13.5 Å². The minimum Gasteiger partial charge on any atom is -0.372 e. The Bertz CT molecular complexity index is 624. The first-order valence-corrected chi connectivity index (χ1v) is 7.09. The molecule has 1 N–H and O–H groups in total. The zero-order chi connectivity index (χ0) is 14.7.